The zero-order chi connectivity index (χ0) is 14.8. The molecule has 1 aliphatic rings. The summed E-state index contributed by atoms with van der Waals surface area (Å²) >= 11 is 4.98. The lowest BCUT2D eigenvalue weighted by molar-refractivity contribution is -0.115. The average molecular weight is 367 g/mol. The van der Waals surface area contributed by atoms with E-state index in [1.54, 1.807) is 11.3 Å². The number of ether oxygens (including phenoxy) is 1. The van der Waals surface area contributed by atoms with Gasteiger partial charge in [0, 0.05) is 15.4 Å². The molecule has 4 nitrogen and oxygen atoms in total. The van der Waals surface area contributed by atoms with Gasteiger partial charge in [0.2, 0.25) is 0 Å². The van der Waals surface area contributed by atoms with Crippen LogP contribution in [0.2, 0.25) is 0 Å². The number of hydrogen-bond acceptors (Lipinski definition) is 5. The molecular weight excluding hydrogens is 352 g/mol. The first kappa shape index (κ1) is 14.7. The maximum Gasteiger partial charge on any atom is 0.188 e. The van der Waals surface area contributed by atoms with Gasteiger partial charge in [-0.15, -0.1) is 11.3 Å². The Bertz CT molecular complexity index is 629. The molecule has 0 aliphatic carbocycles. The van der Waals surface area contributed by atoms with Crippen molar-refractivity contribution in [2.45, 2.75) is 25.6 Å². The summed E-state index contributed by atoms with van der Waals surface area (Å²) in [6, 6.07) is 8.26. The summed E-state index contributed by atoms with van der Waals surface area (Å²) in [7, 11) is 0. The lowest BCUT2D eigenvalue weighted by Crippen LogP contribution is -2.37. The minimum Gasteiger partial charge on any atom is -0.349 e. The maximum atomic E-state index is 11.2. The molecule has 110 valence electrons. The molecule has 2 atom stereocenters. The Morgan fingerprint density at radius 2 is 2.24 bits per heavy atom. The fourth-order valence-electron chi connectivity index (χ4n) is 2.40. The third kappa shape index (κ3) is 2.88. The number of carbonyl (C=O) groups excluding carboxylic acids is 1. The zero-order valence-corrected chi connectivity index (χ0v) is 13.9. The van der Waals surface area contributed by atoms with E-state index in [1.165, 1.54) is 0 Å². The SMILES string of the molecule is CCC1COC(C=O)N1c1nc(-c2ccc(Br)cc2)cs1. The number of aldehydes is 1. The summed E-state index contributed by atoms with van der Waals surface area (Å²) in [6.07, 6.45) is 1.26. The summed E-state index contributed by atoms with van der Waals surface area (Å²) in [5.74, 6) is 0. The predicted octanol–water partition coefficient (Wildman–Crippen LogP) is 3.71. The molecule has 2 heterocycles. The molecule has 1 aliphatic heterocycles. The minimum absolute atomic E-state index is 0.212. The standard InChI is InChI=1S/C15H15BrN2O2S/c1-2-12-8-20-14(7-19)18(12)15-17-13(9-21-15)10-3-5-11(16)6-4-10/h3-7,9,12,14H,2,8H2,1H3. The van der Waals surface area contributed by atoms with Crippen LogP contribution in [0.4, 0.5) is 5.13 Å². The van der Waals surface area contributed by atoms with E-state index in [0.29, 0.717) is 6.61 Å². The highest BCUT2D eigenvalue weighted by molar-refractivity contribution is 9.10. The lowest BCUT2D eigenvalue weighted by atomic mass is 10.2. The van der Waals surface area contributed by atoms with Crippen LogP contribution >= 0.6 is 27.3 Å². The molecule has 0 radical (unpaired) electrons. The molecule has 1 fully saturated rings. The molecule has 0 amide bonds. The number of thiazole rings is 1. The monoisotopic (exact) mass is 366 g/mol. The Labute approximate surface area is 135 Å². The molecule has 1 aromatic carbocycles. The molecular formula is C15H15BrN2O2S. The molecule has 21 heavy (non-hydrogen) atoms. The van der Waals surface area contributed by atoms with Gasteiger partial charge in [-0.3, -0.25) is 4.79 Å². The average Bonchev–Trinajstić information content (AvgIpc) is 3.13. The number of benzene rings is 1. The van der Waals surface area contributed by atoms with Gasteiger partial charge in [0.1, 0.15) is 0 Å². The van der Waals surface area contributed by atoms with E-state index in [1.807, 2.05) is 34.5 Å². The Hall–Kier alpha value is -1.24. The Balaban J connectivity index is 1.90. The summed E-state index contributed by atoms with van der Waals surface area (Å²) in [4.78, 5) is 17.8. The van der Waals surface area contributed by atoms with Crippen LogP contribution in [0.3, 0.4) is 0 Å². The summed E-state index contributed by atoms with van der Waals surface area (Å²) in [5.41, 5.74) is 1.99. The van der Waals surface area contributed by atoms with Crippen LogP contribution in [0, 0.1) is 0 Å². The van der Waals surface area contributed by atoms with Crippen molar-refractivity contribution in [3.05, 3.63) is 34.1 Å². The van der Waals surface area contributed by atoms with Gasteiger partial charge in [-0.1, -0.05) is 35.0 Å². The highest BCUT2D eigenvalue weighted by Crippen LogP contribution is 2.33. The largest absolute Gasteiger partial charge is 0.349 e. The van der Waals surface area contributed by atoms with Gasteiger partial charge >= 0.3 is 0 Å². The van der Waals surface area contributed by atoms with Crippen molar-refractivity contribution in [2.24, 2.45) is 0 Å². The van der Waals surface area contributed by atoms with Crippen molar-refractivity contribution in [1.82, 2.24) is 4.98 Å². The van der Waals surface area contributed by atoms with Crippen LogP contribution in [0.15, 0.2) is 34.1 Å². The molecule has 0 saturated carbocycles. The van der Waals surface area contributed by atoms with E-state index in [4.69, 9.17) is 4.74 Å². The van der Waals surface area contributed by atoms with Gasteiger partial charge in [0.05, 0.1) is 18.3 Å². The molecule has 0 spiro atoms. The van der Waals surface area contributed by atoms with Crippen LogP contribution < -0.4 is 4.90 Å². The third-order valence-electron chi connectivity index (χ3n) is 3.57. The number of anilines is 1. The molecule has 0 N–H and O–H groups in total. The minimum atomic E-state index is -0.515. The van der Waals surface area contributed by atoms with E-state index < -0.39 is 6.23 Å². The molecule has 2 aromatic rings. The first-order valence-electron chi connectivity index (χ1n) is 6.79. The van der Waals surface area contributed by atoms with Gasteiger partial charge in [0.15, 0.2) is 17.6 Å². The number of carbonyl (C=O) groups is 1. The Kier molecular flexibility index (Phi) is 4.37. The van der Waals surface area contributed by atoms with Crippen LogP contribution in [0.25, 0.3) is 11.3 Å². The van der Waals surface area contributed by atoms with Crippen molar-refractivity contribution in [2.75, 3.05) is 11.5 Å². The fourth-order valence-corrected chi connectivity index (χ4v) is 3.59. The topological polar surface area (TPSA) is 42.4 Å². The fraction of sp³-hybridized carbons (Fsp3) is 0.333. The molecule has 1 aromatic heterocycles. The highest BCUT2D eigenvalue weighted by Gasteiger charge is 2.35. The number of halogens is 1. The Morgan fingerprint density at radius 3 is 2.90 bits per heavy atom. The maximum absolute atomic E-state index is 11.2. The van der Waals surface area contributed by atoms with Crippen molar-refractivity contribution in [3.63, 3.8) is 0 Å². The molecule has 2 unspecified atom stereocenters. The van der Waals surface area contributed by atoms with Crippen LogP contribution in [0.1, 0.15) is 13.3 Å². The van der Waals surface area contributed by atoms with Crippen molar-refractivity contribution in [3.8, 4) is 11.3 Å². The number of nitrogens with zero attached hydrogens (tertiary/aromatic N) is 2. The predicted molar refractivity (Wildman–Crippen MR) is 87.6 cm³/mol. The van der Waals surface area contributed by atoms with Gasteiger partial charge < -0.3 is 9.64 Å². The third-order valence-corrected chi connectivity index (χ3v) is 4.95. The second-order valence-electron chi connectivity index (χ2n) is 4.85. The van der Waals surface area contributed by atoms with Gasteiger partial charge in [0.25, 0.3) is 0 Å². The molecule has 3 rings (SSSR count). The summed E-state index contributed by atoms with van der Waals surface area (Å²) < 4.78 is 6.56. The number of rotatable bonds is 4. The van der Waals surface area contributed by atoms with Crippen LogP contribution in [0.5, 0.6) is 0 Å². The molecule has 6 heteroatoms. The lowest BCUT2D eigenvalue weighted by Gasteiger charge is -2.23. The van der Waals surface area contributed by atoms with E-state index in [-0.39, 0.29) is 6.04 Å². The highest BCUT2D eigenvalue weighted by atomic mass is 79.9. The van der Waals surface area contributed by atoms with E-state index in [0.717, 1.165) is 33.6 Å². The summed E-state index contributed by atoms with van der Waals surface area (Å²) in [6.45, 7) is 2.67. The van der Waals surface area contributed by atoms with Gasteiger partial charge in [-0.25, -0.2) is 4.98 Å². The van der Waals surface area contributed by atoms with Gasteiger partial charge in [-0.2, -0.15) is 0 Å². The van der Waals surface area contributed by atoms with Crippen LogP contribution in [-0.2, 0) is 9.53 Å². The first-order valence-corrected chi connectivity index (χ1v) is 8.47. The molecule has 1 saturated heterocycles. The van der Waals surface area contributed by atoms with E-state index in [9.17, 15) is 4.79 Å². The van der Waals surface area contributed by atoms with E-state index >= 15 is 0 Å². The number of aromatic nitrogens is 1. The van der Waals surface area contributed by atoms with Crippen LogP contribution in [-0.4, -0.2) is 30.1 Å². The zero-order valence-electron chi connectivity index (χ0n) is 11.5. The second-order valence-corrected chi connectivity index (χ2v) is 6.60. The number of hydrogen-bond donors (Lipinski definition) is 0. The first-order chi connectivity index (χ1) is 10.2. The van der Waals surface area contributed by atoms with Crippen molar-refractivity contribution >= 4 is 38.7 Å². The smallest absolute Gasteiger partial charge is 0.188 e. The second kappa shape index (κ2) is 6.25. The van der Waals surface area contributed by atoms with Gasteiger partial charge in [-0.05, 0) is 18.6 Å². The summed E-state index contributed by atoms with van der Waals surface area (Å²) in [5, 5.41) is 2.86. The van der Waals surface area contributed by atoms with Crippen molar-refractivity contribution in [1.29, 1.82) is 0 Å². The van der Waals surface area contributed by atoms with E-state index in [2.05, 4.69) is 27.8 Å². The van der Waals surface area contributed by atoms with Crippen molar-refractivity contribution < 1.29 is 9.53 Å². The molecule has 0 bridgehead atoms. The quantitative estimate of drug-likeness (QED) is 0.773. The normalized spacial score (nSPS) is 21.7. The Morgan fingerprint density at radius 1 is 1.48 bits per heavy atom.